The topological polar surface area (TPSA) is 339 Å². The third-order valence-electron chi connectivity index (χ3n) is 7.85. The van der Waals surface area contributed by atoms with Crippen molar-refractivity contribution in [1.29, 1.82) is 0 Å². The van der Waals surface area contributed by atoms with Gasteiger partial charge in [-0.2, -0.15) is 0 Å². The van der Waals surface area contributed by atoms with Gasteiger partial charge in [0, 0.05) is 44.9 Å². The average molecular weight is 826 g/mol. The quantitative estimate of drug-likeness (QED) is 0.0285. The Morgan fingerprint density at radius 3 is 0.456 bits per heavy atom. The molecule has 338 valence electrons. The van der Waals surface area contributed by atoms with E-state index in [-0.39, 0.29) is 44.9 Å². The summed E-state index contributed by atoms with van der Waals surface area (Å²) in [5.41, 5.74) is 15.8. The number of carboxylic acid groups (broad SMARTS) is 7. The highest BCUT2D eigenvalue weighted by atomic mass is 16.4. The monoisotopic (exact) mass is 826 g/mol. The van der Waals surface area contributed by atoms with E-state index in [4.69, 9.17) is 52.9 Å². The molecule has 0 saturated carbocycles. The molecule has 0 aromatic rings. The van der Waals surface area contributed by atoms with E-state index in [0.29, 0.717) is 19.4 Å². The fraction of sp³-hybridized carbons (Fsp3) is 0.825. The molecule has 0 saturated heterocycles. The zero-order valence-corrected chi connectivity index (χ0v) is 34.6. The highest BCUT2D eigenvalue weighted by Gasteiger charge is 2.01. The highest BCUT2D eigenvalue weighted by Crippen LogP contribution is 2.11. The molecule has 0 aliphatic heterocycles. The van der Waals surface area contributed by atoms with Crippen molar-refractivity contribution >= 4 is 41.8 Å². The molecule has 0 spiro atoms. The molecule has 0 radical (unpaired) electrons. The van der Waals surface area contributed by atoms with E-state index in [9.17, 15) is 33.6 Å². The van der Waals surface area contributed by atoms with Gasteiger partial charge in [0.1, 0.15) is 0 Å². The van der Waals surface area contributed by atoms with Crippen LogP contribution in [0, 0.1) is 0 Å². The van der Waals surface area contributed by atoms with Gasteiger partial charge in [-0.1, -0.05) is 83.5 Å². The molecule has 57 heavy (non-hydrogen) atoms. The molecule has 0 amide bonds. The number of hydrogen-bond donors (Lipinski definition) is 10. The van der Waals surface area contributed by atoms with E-state index < -0.39 is 41.8 Å². The van der Waals surface area contributed by atoms with Crippen molar-refractivity contribution in [2.75, 3.05) is 19.6 Å². The molecule has 0 rings (SSSR count). The van der Waals surface area contributed by atoms with Crippen LogP contribution in [-0.4, -0.2) is 97.2 Å². The fourth-order valence-electron chi connectivity index (χ4n) is 4.66. The van der Waals surface area contributed by atoms with Gasteiger partial charge in [0.25, 0.3) is 0 Å². The minimum absolute atomic E-state index is 0.0628. The van der Waals surface area contributed by atoms with Crippen molar-refractivity contribution in [1.82, 2.24) is 0 Å². The van der Waals surface area contributed by atoms with Gasteiger partial charge < -0.3 is 52.9 Å². The van der Waals surface area contributed by atoms with Gasteiger partial charge in [-0.3, -0.25) is 33.6 Å². The Balaban J connectivity index is -0.000000203. The molecule has 0 aromatic carbocycles. The zero-order chi connectivity index (χ0) is 44.4. The molecule has 17 heteroatoms. The lowest BCUT2D eigenvalue weighted by Gasteiger charge is -2.00. The fourth-order valence-corrected chi connectivity index (χ4v) is 4.66. The summed E-state index contributed by atoms with van der Waals surface area (Å²) < 4.78 is 0. The molecule has 0 atom stereocenters. The van der Waals surface area contributed by atoms with Crippen LogP contribution in [0.1, 0.15) is 193 Å². The van der Waals surface area contributed by atoms with E-state index in [1.807, 2.05) is 0 Å². The number of nitrogens with two attached hydrogens (primary N) is 3. The lowest BCUT2D eigenvalue weighted by atomic mass is 10.1. The summed E-state index contributed by atoms with van der Waals surface area (Å²) in [6.07, 6.45) is 23.1. The van der Waals surface area contributed by atoms with Crippen LogP contribution in [0.25, 0.3) is 0 Å². The Morgan fingerprint density at radius 1 is 0.211 bits per heavy atom. The molecule has 0 fully saturated rings. The molecule has 0 aliphatic carbocycles. The van der Waals surface area contributed by atoms with Crippen LogP contribution in [0.15, 0.2) is 0 Å². The summed E-state index contributed by atoms with van der Waals surface area (Å²) in [6, 6.07) is 0. The molecule has 13 N–H and O–H groups in total. The van der Waals surface area contributed by atoms with Crippen LogP contribution in [0.2, 0.25) is 0 Å². The van der Waals surface area contributed by atoms with Gasteiger partial charge in [-0.05, 0) is 83.8 Å². The molecule has 0 unspecified atom stereocenters. The molecule has 0 aliphatic rings. The van der Waals surface area contributed by atoms with Crippen LogP contribution < -0.4 is 17.2 Å². The van der Waals surface area contributed by atoms with Crippen molar-refractivity contribution in [3.8, 4) is 0 Å². The van der Waals surface area contributed by atoms with Crippen molar-refractivity contribution in [3.05, 3.63) is 0 Å². The second-order valence-corrected chi connectivity index (χ2v) is 13.5. The van der Waals surface area contributed by atoms with Crippen LogP contribution >= 0.6 is 0 Å². The minimum Gasteiger partial charge on any atom is -0.481 e. The second-order valence-electron chi connectivity index (χ2n) is 13.5. The van der Waals surface area contributed by atoms with E-state index in [1.165, 1.54) is 12.8 Å². The first kappa shape index (κ1) is 62.4. The molecule has 0 aromatic heterocycles. The summed E-state index contributed by atoms with van der Waals surface area (Å²) in [6.45, 7) is 2.31. The molecular weight excluding hydrogens is 746 g/mol. The second kappa shape index (κ2) is 54.3. The number of aliphatic carboxylic acids is 7. The Kier molecular flexibility index (Phi) is 59.4. The Labute approximate surface area is 340 Å². The van der Waals surface area contributed by atoms with Crippen molar-refractivity contribution in [2.45, 2.75) is 193 Å². The van der Waals surface area contributed by atoms with Crippen LogP contribution in [0.3, 0.4) is 0 Å². The first-order chi connectivity index (χ1) is 27.1. The number of carboxylic acids is 7. The summed E-state index contributed by atoms with van der Waals surface area (Å²) in [7, 11) is 0. The summed E-state index contributed by atoms with van der Waals surface area (Å²) in [5, 5.41) is 58.0. The van der Waals surface area contributed by atoms with Crippen molar-refractivity contribution < 1.29 is 69.3 Å². The maximum absolute atomic E-state index is 10.2. The first-order valence-electron chi connectivity index (χ1n) is 20.7. The molecule has 0 heterocycles. The SMILES string of the molecule is NCCCCCC(=O)O.NCCCCCCN.O=C(O)CCCCC(=O)O.O=C(O)CCCCCCCCC(=O)O.O=C(O)CCCCCCCCCCC(=O)O. The van der Waals surface area contributed by atoms with Gasteiger partial charge in [0.2, 0.25) is 0 Å². The molecule has 17 nitrogen and oxygen atoms in total. The van der Waals surface area contributed by atoms with Crippen molar-refractivity contribution in [2.24, 2.45) is 17.2 Å². The van der Waals surface area contributed by atoms with Gasteiger partial charge in [-0.25, -0.2) is 0 Å². The minimum atomic E-state index is -0.870. The molecule has 0 bridgehead atoms. The Hall–Kier alpha value is -3.83. The smallest absolute Gasteiger partial charge is 0.303 e. The third-order valence-corrected chi connectivity index (χ3v) is 7.85. The normalized spacial score (nSPS) is 9.81. The van der Waals surface area contributed by atoms with E-state index in [0.717, 1.165) is 135 Å². The highest BCUT2D eigenvalue weighted by molar-refractivity contribution is 5.68. The summed E-state index contributed by atoms with van der Waals surface area (Å²) >= 11 is 0. The van der Waals surface area contributed by atoms with Gasteiger partial charge in [0.05, 0.1) is 0 Å². The maximum atomic E-state index is 10.2. The Bertz CT molecular complexity index is 904. The average Bonchev–Trinajstić information content (AvgIpc) is 3.13. The predicted octanol–water partition coefficient (Wildman–Crippen LogP) is 7.10. The van der Waals surface area contributed by atoms with Gasteiger partial charge in [-0.15, -0.1) is 0 Å². The first-order valence-corrected chi connectivity index (χ1v) is 20.7. The molecular formula is C40H79N3O14. The van der Waals surface area contributed by atoms with E-state index >= 15 is 0 Å². The summed E-state index contributed by atoms with van der Waals surface area (Å²) in [5.74, 6) is -5.36. The number of carbonyl (C=O) groups is 7. The van der Waals surface area contributed by atoms with E-state index in [1.54, 1.807) is 0 Å². The lowest BCUT2D eigenvalue weighted by Crippen LogP contribution is -2.00. The van der Waals surface area contributed by atoms with Gasteiger partial charge in [0.15, 0.2) is 0 Å². The lowest BCUT2D eigenvalue weighted by molar-refractivity contribution is -0.139. The maximum Gasteiger partial charge on any atom is 0.303 e. The van der Waals surface area contributed by atoms with Crippen LogP contribution in [0.5, 0.6) is 0 Å². The summed E-state index contributed by atoms with van der Waals surface area (Å²) in [4.78, 5) is 70.4. The number of rotatable bonds is 35. The standard InChI is InChI=1S/C12H22O4.C10H18O4.C6H16N2.C6H13NO2.C6H10O4/c13-11(14)9-7-5-3-1-2-4-6-8-10-12(15)16;11-9(12)7-5-3-1-2-4-6-8-10(13)14;7-5-3-1-2-4-6-8;7-5-3-1-2-4-6(8)9;7-5(8)3-1-2-4-6(9)10/h1-10H2,(H,13,14)(H,15,16);1-8H2,(H,11,12)(H,13,14);1-8H2;1-5,7H2,(H,8,9);1-4H2,(H,7,8)(H,9,10). The van der Waals surface area contributed by atoms with Crippen LogP contribution in [-0.2, 0) is 33.6 Å². The largest absolute Gasteiger partial charge is 0.481 e. The van der Waals surface area contributed by atoms with E-state index in [2.05, 4.69) is 0 Å². The van der Waals surface area contributed by atoms with Crippen molar-refractivity contribution in [3.63, 3.8) is 0 Å². The van der Waals surface area contributed by atoms with Gasteiger partial charge >= 0.3 is 41.8 Å². The Morgan fingerprint density at radius 2 is 0.316 bits per heavy atom. The van der Waals surface area contributed by atoms with Crippen LogP contribution in [0.4, 0.5) is 0 Å². The zero-order valence-electron chi connectivity index (χ0n) is 34.6. The number of hydrogen-bond acceptors (Lipinski definition) is 10. The number of unbranched alkanes of at least 4 members (excludes halogenated alkanes) is 18. The predicted molar refractivity (Wildman–Crippen MR) is 219 cm³/mol. The third kappa shape index (κ3) is 90.1.